The minimum absolute atomic E-state index is 0.177. The number of nitrogens with zero attached hydrogens (tertiary/aromatic N) is 2. The highest BCUT2D eigenvalue weighted by atomic mass is 32.2. The molecule has 3 rings (SSSR count). The maximum absolute atomic E-state index is 12.8. The van der Waals surface area contributed by atoms with Gasteiger partial charge in [0.15, 0.2) is 11.5 Å². The first-order valence-corrected chi connectivity index (χ1v) is 8.66. The standard InChI is InChI=1S/C17H17N3O5S/c1-8-12(16(22)23-4)9(2)18-13(8)14(21)10(3)26-17-20-19-15(25-17)11-6-5-7-24-11/h5-7,10,18H,1-4H3. The maximum atomic E-state index is 12.8. The number of thioether (sulfide) groups is 1. The Balaban J connectivity index is 1.77. The first-order valence-electron chi connectivity index (χ1n) is 7.78. The molecule has 0 aromatic carbocycles. The van der Waals surface area contributed by atoms with E-state index in [9.17, 15) is 9.59 Å². The molecule has 26 heavy (non-hydrogen) atoms. The molecule has 0 amide bonds. The number of methoxy groups -OCH3 is 1. The molecule has 3 heterocycles. The first-order chi connectivity index (χ1) is 12.4. The van der Waals surface area contributed by atoms with Crippen molar-refractivity contribution in [3.8, 4) is 11.7 Å². The van der Waals surface area contributed by atoms with Crippen LogP contribution in [0, 0.1) is 13.8 Å². The third-order valence-corrected chi connectivity index (χ3v) is 4.79. The van der Waals surface area contributed by atoms with E-state index in [1.807, 2.05) is 0 Å². The van der Waals surface area contributed by atoms with Gasteiger partial charge in [-0.1, -0.05) is 11.8 Å². The van der Waals surface area contributed by atoms with Crippen LogP contribution in [0.2, 0.25) is 0 Å². The molecule has 3 aromatic rings. The maximum Gasteiger partial charge on any atom is 0.339 e. The van der Waals surface area contributed by atoms with E-state index >= 15 is 0 Å². The number of aromatic amines is 1. The van der Waals surface area contributed by atoms with E-state index in [4.69, 9.17) is 13.6 Å². The fourth-order valence-electron chi connectivity index (χ4n) is 2.57. The fourth-order valence-corrected chi connectivity index (χ4v) is 3.31. The highest BCUT2D eigenvalue weighted by Gasteiger charge is 2.27. The normalized spacial score (nSPS) is 12.2. The SMILES string of the molecule is COC(=O)c1c(C)[nH]c(C(=O)C(C)Sc2nnc(-c3ccco3)o2)c1C. The average molecular weight is 375 g/mol. The zero-order chi connectivity index (χ0) is 18.8. The lowest BCUT2D eigenvalue weighted by atomic mass is 10.1. The van der Waals surface area contributed by atoms with Crippen LogP contribution in [0.15, 0.2) is 32.5 Å². The Morgan fingerprint density at radius 1 is 1.31 bits per heavy atom. The summed E-state index contributed by atoms with van der Waals surface area (Å²) >= 11 is 1.13. The molecule has 0 aliphatic carbocycles. The lowest BCUT2D eigenvalue weighted by Crippen LogP contribution is -2.15. The molecular weight excluding hydrogens is 358 g/mol. The molecule has 0 radical (unpaired) electrons. The predicted molar refractivity (Wildman–Crippen MR) is 93.3 cm³/mol. The van der Waals surface area contributed by atoms with Crippen LogP contribution in [0.5, 0.6) is 0 Å². The van der Waals surface area contributed by atoms with E-state index < -0.39 is 11.2 Å². The number of esters is 1. The molecule has 1 unspecified atom stereocenters. The number of Topliss-reactive ketones (excluding diaryl/α,β-unsaturated/α-hetero) is 1. The average Bonchev–Trinajstić information content (AvgIpc) is 3.34. The van der Waals surface area contributed by atoms with Crippen molar-refractivity contribution in [1.82, 2.24) is 15.2 Å². The number of ketones is 1. The molecule has 0 spiro atoms. The summed E-state index contributed by atoms with van der Waals surface area (Å²) < 4.78 is 15.5. The molecular formula is C17H17N3O5S. The highest BCUT2D eigenvalue weighted by molar-refractivity contribution is 8.00. The smallest absolute Gasteiger partial charge is 0.339 e. The van der Waals surface area contributed by atoms with E-state index in [1.54, 1.807) is 32.9 Å². The van der Waals surface area contributed by atoms with Gasteiger partial charge in [-0.3, -0.25) is 4.79 Å². The minimum atomic E-state index is -0.498. The van der Waals surface area contributed by atoms with E-state index in [-0.39, 0.29) is 16.9 Å². The largest absolute Gasteiger partial charge is 0.465 e. The summed E-state index contributed by atoms with van der Waals surface area (Å²) in [5.41, 5.74) is 1.90. The Hall–Kier alpha value is -2.81. The number of aryl methyl sites for hydroxylation is 1. The highest BCUT2D eigenvalue weighted by Crippen LogP contribution is 2.29. The molecule has 3 aromatic heterocycles. The molecule has 0 saturated carbocycles. The molecule has 0 bridgehead atoms. The van der Waals surface area contributed by atoms with Crippen LogP contribution in [0.3, 0.4) is 0 Å². The summed E-state index contributed by atoms with van der Waals surface area (Å²) in [7, 11) is 1.31. The van der Waals surface area contributed by atoms with Gasteiger partial charge in [0.2, 0.25) is 0 Å². The second-order valence-electron chi connectivity index (χ2n) is 5.59. The molecule has 1 atom stereocenters. The van der Waals surface area contributed by atoms with Crippen molar-refractivity contribution < 1.29 is 23.2 Å². The van der Waals surface area contributed by atoms with Crippen molar-refractivity contribution in [2.45, 2.75) is 31.2 Å². The number of nitrogens with one attached hydrogen (secondary N) is 1. The van der Waals surface area contributed by atoms with Gasteiger partial charge in [0.25, 0.3) is 11.1 Å². The van der Waals surface area contributed by atoms with Crippen molar-refractivity contribution >= 4 is 23.5 Å². The zero-order valence-electron chi connectivity index (χ0n) is 14.7. The van der Waals surface area contributed by atoms with Crippen LogP contribution >= 0.6 is 11.8 Å². The van der Waals surface area contributed by atoms with Gasteiger partial charge in [0.05, 0.1) is 29.9 Å². The van der Waals surface area contributed by atoms with Crippen molar-refractivity contribution in [2.24, 2.45) is 0 Å². The number of ether oxygens (including phenoxy) is 1. The summed E-state index contributed by atoms with van der Waals surface area (Å²) in [6.07, 6.45) is 1.51. The molecule has 0 aliphatic rings. The number of H-pyrrole nitrogens is 1. The number of furan rings is 1. The summed E-state index contributed by atoms with van der Waals surface area (Å²) in [4.78, 5) is 27.6. The quantitative estimate of drug-likeness (QED) is 0.396. The van der Waals surface area contributed by atoms with Gasteiger partial charge in [-0.05, 0) is 38.5 Å². The van der Waals surface area contributed by atoms with E-state index in [0.29, 0.717) is 28.3 Å². The van der Waals surface area contributed by atoms with Crippen molar-refractivity contribution in [3.05, 3.63) is 40.9 Å². The zero-order valence-corrected chi connectivity index (χ0v) is 15.5. The Morgan fingerprint density at radius 2 is 2.08 bits per heavy atom. The summed E-state index contributed by atoms with van der Waals surface area (Å²) in [5, 5.41) is 7.58. The van der Waals surface area contributed by atoms with E-state index in [2.05, 4.69) is 15.2 Å². The topological polar surface area (TPSA) is 111 Å². The molecule has 9 heteroatoms. The number of rotatable bonds is 6. The van der Waals surface area contributed by atoms with Gasteiger partial charge in [0.1, 0.15) is 0 Å². The lowest BCUT2D eigenvalue weighted by molar-refractivity contribution is 0.0599. The van der Waals surface area contributed by atoms with Gasteiger partial charge in [-0.25, -0.2) is 4.79 Å². The van der Waals surface area contributed by atoms with E-state index in [0.717, 1.165) is 11.8 Å². The molecule has 8 nitrogen and oxygen atoms in total. The summed E-state index contributed by atoms with van der Waals surface area (Å²) in [5.74, 6) is 0.0537. The van der Waals surface area contributed by atoms with Crippen molar-refractivity contribution in [1.29, 1.82) is 0 Å². The number of hydrogen-bond acceptors (Lipinski definition) is 8. The van der Waals surface area contributed by atoms with Gasteiger partial charge in [-0.2, -0.15) is 0 Å². The van der Waals surface area contributed by atoms with Gasteiger partial charge >= 0.3 is 5.97 Å². The van der Waals surface area contributed by atoms with Crippen molar-refractivity contribution in [3.63, 3.8) is 0 Å². The van der Waals surface area contributed by atoms with Crippen molar-refractivity contribution in [2.75, 3.05) is 7.11 Å². The Bertz CT molecular complexity index is 942. The Morgan fingerprint density at radius 3 is 2.73 bits per heavy atom. The van der Waals surface area contributed by atoms with Crippen LogP contribution in [0.4, 0.5) is 0 Å². The number of hydrogen-bond donors (Lipinski definition) is 1. The second kappa shape index (κ2) is 7.20. The van der Waals surface area contributed by atoms with Crippen LogP contribution in [-0.4, -0.2) is 39.3 Å². The van der Waals surface area contributed by atoms with Crippen LogP contribution < -0.4 is 0 Å². The lowest BCUT2D eigenvalue weighted by Gasteiger charge is -2.07. The van der Waals surface area contributed by atoms with Crippen LogP contribution in [0.25, 0.3) is 11.7 Å². The van der Waals surface area contributed by atoms with Crippen LogP contribution in [-0.2, 0) is 4.74 Å². The molecule has 0 aliphatic heterocycles. The molecule has 0 fully saturated rings. The van der Waals surface area contributed by atoms with Gasteiger partial charge in [-0.15, -0.1) is 10.2 Å². The van der Waals surface area contributed by atoms with Gasteiger partial charge in [0, 0.05) is 5.69 Å². The fraction of sp³-hybridized carbons (Fsp3) is 0.294. The Labute approximate surface area is 153 Å². The molecule has 0 saturated heterocycles. The van der Waals surface area contributed by atoms with Crippen LogP contribution in [0.1, 0.15) is 39.0 Å². The molecule has 1 N–H and O–H groups in total. The monoisotopic (exact) mass is 375 g/mol. The first kappa shape index (κ1) is 18.0. The Kier molecular flexibility index (Phi) is 4.99. The van der Waals surface area contributed by atoms with E-state index in [1.165, 1.54) is 13.4 Å². The number of aromatic nitrogens is 3. The molecule has 136 valence electrons. The summed E-state index contributed by atoms with van der Waals surface area (Å²) in [6, 6.07) is 3.42. The minimum Gasteiger partial charge on any atom is -0.465 e. The third-order valence-electron chi connectivity index (χ3n) is 3.86. The number of carbonyl (C=O) groups is 2. The second-order valence-corrected chi connectivity index (χ2v) is 6.88. The van der Waals surface area contributed by atoms with Gasteiger partial charge < -0.3 is 18.6 Å². The number of carbonyl (C=O) groups excluding carboxylic acids is 2. The predicted octanol–water partition coefficient (Wildman–Crippen LogP) is 3.42. The third kappa shape index (κ3) is 3.30. The summed E-state index contributed by atoms with van der Waals surface area (Å²) in [6.45, 7) is 5.17.